The highest BCUT2D eigenvalue weighted by atomic mass is 35.5. The number of hydrogen-bond acceptors (Lipinski definition) is 3. The van der Waals surface area contributed by atoms with Gasteiger partial charge in [0.2, 0.25) is 0 Å². The summed E-state index contributed by atoms with van der Waals surface area (Å²) in [6.07, 6.45) is 30.0. The van der Waals surface area contributed by atoms with E-state index in [0.717, 1.165) is 24.0 Å². The summed E-state index contributed by atoms with van der Waals surface area (Å²) in [6.45, 7) is 5.55. The van der Waals surface area contributed by atoms with E-state index in [9.17, 15) is 10.2 Å². The van der Waals surface area contributed by atoms with Crippen molar-refractivity contribution in [2.75, 3.05) is 39.8 Å². The van der Waals surface area contributed by atoms with Crippen LogP contribution in [0, 0.1) is 0 Å². The van der Waals surface area contributed by atoms with Gasteiger partial charge < -0.3 is 32.8 Å². The van der Waals surface area contributed by atoms with Crippen molar-refractivity contribution in [3.8, 4) is 0 Å². The quantitative estimate of drug-likeness (QED) is 0.106. The number of hydrogen-bond donors (Lipinski definition) is 3. The van der Waals surface area contributed by atoms with Crippen molar-refractivity contribution in [2.24, 2.45) is 5.73 Å². The Labute approximate surface area is 226 Å². The van der Waals surface area contributed by atoms with E-state index in [4.69, 9.17) is 5.73 Å². The average molecular weight is 521 g/mol. The van der Waals surface area contributed by atoms with Gasteiger partial charge in [0.05, 0.1) is 26.7 Å². The van der Waals surface area contributed by atoms with E-state index in [1.807, 2.05) is 0 Å². The second kappa shape index (κ2) is 28.7. The molecule has 4 nitrogen and oxygen atoms in total. The molecule has 0 fully saturated rings. The third kappa shape index (κ3) is 27.0. The van der Waals surface area contributed by atoms with Crippen molar-refractivity contribution in [1.29, 1.82) is 0 Å². The second-order valence-electron chi connectivity index (χ2n) is 11.3. The van der Waals surface area contributed by atoms with Gasteiger partial charge in [-0.2, -0.15) is 0 Å². The molecule has 0 heterocycles. The summed E-state index contributed by atoms with van der Waals surface area (Å²) in [5, 5.41) is 19.1. The average Bonchev–Trinajstić information content (AvgIpc) is 2.83. The molecule has 2 atom stereocenters. The summed E-state index contributed by atoms with van der Waals surface area (Å²) in [5.41, 5.74) is 5.69. The summed E-state index contributed by atoms with van der Waals surface area (Å²) < 4.78 is 0.831. The van der Waals surface area contributed by atoms with E-state index in [1.165, 1.54) is 135 Å². The number of quaternary nitrogens is 1. The van der Waals surface area contributed by atoms with Crippen LogP contribution in [-0.2, 0) is 0 Å². The largest absolute Gasteiger partial charge is 1.00 e. The number of rotatable bonds is 28. The van der Waals surface area contributed by atoms with E-state index >= 15 is 0 Å². The first kappa shape index (κ1) is 37.3. The van der Waals surface area contributed by atoms with Crippen LogP contribution in [-0.4, -0.2) is 60.6 Å². The minimum atomic E-state index is -0.613. The molecule has 0 saturated carbocycles. The Morgan fingerprint density at radius 3 is 1.20 bits per heavy atom. The fraction of sp³-hybridized carbons (Fsp3) is 1.00. The number of likely N-dealkylation sites (N-methyl/N-ethyl adjacent to an activating group) is 1. The van der Waals surface area contributed by atoms with E-state index in [2.05, 4.69) is 14.0 Å². The first-order valence-corrected chi connectivity index (χ1v) is 15.4. The number of aliphatic hydroxyl groups excluding tert-OH is 2. The molecule has 0 saturated heterocycles. The molecule has 0 aromatic rings. The minimum Gasteiger partial charge on any atom is -1.00 e. The number of halogens is 1. The highest BCUT2D eigenvalue weighted by Crippen LogP contribution is 2.16. The monoisotopic (exact) mass is 520 g/mol. The molecule has 0 spiro atoms. The van der Waals surface area contributed by atoms with Crippen molar-refractivity contribution >= 4 is 0 Å². The number of nitrogens with zero attached hydrogens (tertiary/aromatic N) is 1. The van der Waals surface area contributed by atoms with Crippen molar-refractivity contribution in [2.45, 2.75) is 154 Å². The van der Waals surface area contributed by atoms with Crippen LogP contribution in [0.4, 0.5) is 0 Å². The Hall–Kier alpha value is 0.130. The molecule has 2 unspecified atom stereocenters. The molecule has 5 heteroatoms. The summed E-state index contributed by atoms with van der Waals surface area (Å²) in [4.78, 5) is 0. The van der Waals surface area contributed by atoms with E-state index in [1.54, 1.807) is 0 Å². The lowest BCUT2D eigenvalue weighted by molar-refractivity contribution is -0.912. The van der Waals surface area contributed by atoms with Crippen molar-refractivity contribution < 1.29 is 27.1 Å². The fourth-order valence-electron chi connectivity index (χ4n) is 5.26. The Morgan fingerprint density at radius 2 is 0.886 bits per heavy atom. The maximum atomic E-state index is 9.87. The molecule has 0 aromatic carbocycles. The minimum absolute atomic E-state index is 0. The van der Waals surface area contributed by atoms with Gasteiger partial charge in [0, 0.05) is 6.42 Å². The van der Waals surface area contributed by atoms with Crippen molar-refractivity contribution in [3.05, 3.63) is 0 Å². The maximum Gasteiger partial charge on any atom is 0.126 e. The summed E-state index contributed by atoms with van der Waals surface area (Å²) >= 11 is 0. The Morgan fingerprint density at radius 1 is 0.571 bits per heavy atom. The highest BCUT2D eigenvalue weighted by molar-refractivity contribution is 4.55. The lowest BCUT2D eigenvalue weighted by Gasteiger charge is -2.36. The molecule has 0 rings (SSSR count). The van der Waals surface area contributed by atoms with Gasteiger partial charge in [-0.1, -0.05) is 129 Å². The van der Waals surface area contributed by atoms with Crippen LogP contribution in [0.2, 0.25) is 0 Å². The van der Waals surface area contributed by atoms with E-state index in [0.29, 0.717) is 13.1 Å². The molecule has 35 heavy (non-hydrogen) atoms. The molecule has 0 aromatic heterocycles. The molecule has 0 aliphatic heterocycles. The van der Waals surface area contributed by atoms with Crippen LogP contribution >= 0.6 is 0 Å². The van der Waals surface area contributed by atoms with Crippen molar-refractivity contribution in [1.82, 2.24) is 0 Å². The molecule has 0 aliphatic rings. The fourth-order valence-corrected chi connectivity index (χ4v) is 5.26. The smallest absolute Gasteiger partial charge is 0.126 e. The first-order chi connectivity index (χ1) is 16.6. The molecule has 0 aliphatic carbocycles. The summed E-state index contributed by atoms with van der Waals surface area (Å²) in [5.74, 6) is 0. The maximum absolute atomic E-state index is 9.87. The standard InChI is InChI=1S/C30H65N2O2.ClH/c1-3-4-5-6-7-8-9-10-11-12-13-14-15-16-17-18-19-20-21-22-23-26-32(2,27-24-25-31)28-30(34)29-33;/h30,33-34H,3-29,31H2,1-2H3;1H/q+1;/p-1. The van der Waals surface area contributed by atoms with Crippen LogP contribution in [0.5, 0.6) is 0 Å². The Balaban J connectivity index is 0. The third-order valence-electron chi connectivity index (χ3n) is 7.57. The van der Waals surface area contributed by atoms with Crippen LogP contribution in [0.3, 0.4) is 0 Å². The lowest BCUT2D eigenvalue weighted by atomic mass is 10.0. The molecular formula is C30H65ClN2O2. The second-order valence-corrected chi connectivity index (χ2v) is 11.3. The number of unbranched alkanes of at least 4 members (excludes halogenated alkanes) is 20. The van der Waals surface area contributed by atoms with Gasteiger partial charge in [-0.15, -0.1) is 0 Å². The molecule has 0 radical (unpaired) electrons. The number of nitrogens with two attached hydrogens (primary N) is 1. The molecule has 0 bridgehead atoms. The van der Waals surface area contributed by atoms with Gasteiger partial charge in [0.1, 0.15) is 12.6 Å². The van der Waals surface area contributed by atoms with Gasteiger partial charge in [-0.3, -0.25) is 0 Å². The zero-order valence-corrected chi connectivity index (χ0v) is 24.7. The predicted octanol–water partition coefficient (Wildman–Crippen LogP) is 4.35. The molecule has 4 N–H and O–H groups in total. The van der Waals surface area contributed by atoms with Gasteiger partial charge in [-0.25, -0.2) is 0 Å². The summed E-state index contributed by atoms with van der Waals surface area (Å²) in [6, 6.07) is 0. The molecular weight excluding hydrogens is 456 g/mol. The van der Waals surface area contributed by atoms with Crippen LogP contribution < -0.4 is 18.1 Å². The van der Waals surface area contributed by atoms with Gasteiger partial charge in [0.15, 0.2) is 0 Å². The number of aliphatic hydroxyl groups is 2. The zero-order valence-electron chi connectivity index (χ0n) is 24.0. The van der Waals surface area contributed by atoms with Gasteiger partial charge in [0.25, 0.3) is 0 Å². The molecule has 0 amide bonds. The third-order valence-corrected chi connectivity index (χ3v) is 7.57. The Bertz CT molecular complexity index is 401. The SMILES string of the molecule is CCCCCCCCCCCCCCCCCCCCCCC[N+](C)(CCCN)CC(O)CO.[Cl-]. The first-order valence-electron chi connectivity index (χ1n) is 15.4. The van der Waals surface area contributed by atoms with Gasteiger partial charge in [-0.05, 0) is 19.4 Å². The predicted molar refractivity (Wildman–Crippen MR) is 150 cm³/mol. The van der Waals surface area contributed by atoms with E-state index in [-0.39, 0.29) is 19.0 Å². The molecule has 214 valence electrons. The van der Waals surface area contributed by atoms with Crippen LogP contribution in [0.1, 0.15) is 148 Å². The van der Waals surface area contributed by atoms with Crippen molar-refractivity contribution in [3.63, 3.8) is 0 Å². The van der Waals surface area contributed by atoms with Crippen LogP contribution in [0.25, 0.3) is 0 Å². The zero-order chi connectivity index (χ0) is 25.2. The highest BCUT2D eigenvalue weighted by Gasteiger charge is 2.24. The Kier molecular flexibility index (Phi) is 30.6. The lowest BCUT2D eigenvalue weighted by Crippen LogP contribution is -3.00. The van der Waals surface area contributed by atoms with Gasteiger partial charge >= 0.3 is 0 Å². The normalized spacial score (nSPS) is 14.0. The van der Waals surface area contributed by atoms with Crippen LogP contribution in [0.15, 0.2) is 0 Å². The van der Waals surface area contributed by atoms with E-state index < -0.39 is 6.10 Å². The summed E-state index contributed by atoms with van der Waals surface area (Å²) in [7, 11) is 2.20. The topological polar surface area (TPSA) is 66.5 Å².